The fraction of sp³-hybridized carbons (Fsp3) is 0.429. The third kappa shape index (κ3) is 6.88. The molecule has 27 heavy (non-hydrogen) atoms. The Morgan fingerprint density at radius 1 is 1.04 bits per heavy atom. The van der Waals surface area contributed by atoms with Gasteiger partial charge in [-0.3, -0.25) is 0 Å². The molecule has 0 bridgehead atoms. The third-order valence-electron chi connectivity index (χ3n) is 4.24. The van der Waals surface area contributed by atoms with E-state index in [0.717, 1.165) is 25.1 Å². The van der Waals surface area contributed by atoms with E-state index < -0.39 is 9.84 Å². The molecule has 0 saturated heterocycles. The number of benzene rings is 2. The number of sulfone groups is 1. The van der Waals surface area contributed by atoms with Crippen molar-refractivity contribution in [1.29, 1.82) is 0 Å². The molecule has 0 spiro atoms. The van der Waals surface area contributed by atoms with Gasteiger partial charge in [0.25, 0.3) is 0 Å². The molecular weight excluding hydrogens is 362 g/mol. The number of hydrogen-bond donors (Lipinski definition) is 1. The minimum Gasteiger partial charge on any atom is -0.497 e. The van der Waals surface area contributed by atoms with Crippen molar-refractivity contribution in [3.63, 3.8) is 0 Å². The van der Waals surface area contributed by atoms with E-state index in [4.69, 9.17) is 9.47 Å². The highest BCUT2D eigenvalue weighted by molar-refractivity contribution is 7.90. The quantitative estimate of drug-likeness (QED) is 0.628. The van der Waals surface area contributed by atoms with Crippen molar-refractivity contribution < 1.29 is 17.9 Å². The van der Waals surface area contributed by atoms with Crippen LogP contribution in [0, 0.1) is 0 Å². The Morgan fingerprint density at radius 2 is 1.70 bits per heavy atom. The molecule has 1 N–H and O–H groups in total. The summed E-state index contributed by atoms with van der Waals surface area (Å²) in [5.74, 6) is 1.27. The molecule has 0 amide bonds. The van der Waals surface area contributed by atoms with E-state index >= 15 is 0 Å². The molecule has 0 fully saturated rings. The molecule has 0 unspecified atom stereocenters. The summed E-state index contributed by atoms with van der Waals surface area (Å²) in [4.78, 5) is 0.234. The highest BCUT2D eigenvalue weighted by Crippen LogP contribution is 2.23. The SMILES string of the molecule is COc1ccc(CC(C)(C)NCCCOc2ccccc2S(C)(=O)=O)cc1. The summed E-state index contributed by atoms with van der Waals surface area (Å²) >= 11 is 0. The molecule has 0 atom stereocenters. The Balaban J connectivity index is 1.79. The van der Waals surface area contributed by atoms with Crippen LogP contribution in [0.1, 0.15) is 25.8 Å². The molecule has 0 aliphatic rings. The molecular formula is C21H29NO4S. The molecule has 2 rings (SSSR count). The molecule has 5 nitrogen and oxygen atoms in total. The maximum atomic E-state index is 11.8. The summed E-state index contributed by atoms with van der Waals surface area (Å²) in [5, 5.41) is 3.54. The predicted octanol–water partition coefficient (Wildman–Crippen LogP) is 3.48. The number of para-hydroxylation sites is 1. The molecule has 0 radical (unpaired) electrons. The average Bonchev–Trinajstić information content (AvgIpc) is 2.61. The lowest BCUT2D eigenvalue weighted by atomic mass is 9.95. The van der Waals surface area contributed by atoms with Crippen molar-refractivity contribution in [3.05, 3.63) is 54.1 Å². The van der Waals surface area contributed by atoms with Crippen LogP contribution in [0.2, 0.25) is 0 Å². The van der Waals surface area contributed by atoms with Crippen molar-refractivity contribution in [2.75, 3.05) is 26.5 Å². The Kier molecular flexibility index (Phi) is 7.27. The van der Waals surface area contributed by atoms with Gasteiger partial charge in [0.2, 0.25) is 0 Å². The standard InChI is InChI=1S/C21H29NO4S/c1-21(2,16-17-10-12-18(25-3)13-11-17)22-14-7-15-26-19-8-5-6-9-20(19)27(4,23)24/h5-6,8-13,22H,7,14-16H2,1-4H3. The molecule has 0 aliphatic carbocycles. The van der Waals surface area contributed by atoms with Crippen LogP contribution in [0.25, 0.3) is 0 Å². The van der Waals surface area contributed by atoms with Crippen LogP contribution in [0.3, 0.4) is 0 Å². The van der Waals surface area contributed by atoms with Gasteiger partial charge < -0.3 is 14.8 Å². The van der Waals surface area contributed by atoms with Crippen molar-refractivity contribution in [2.45, 2.75) is 37.1 Å². The first-order valence-electron chi connectivity index (χ1n) is 9.01. The summed E-state index contributed by atoms with van der Waals surface area (Å²) < 4.78 is 34.5. The van der Waals surface area contributed by atoms with Gasteiger partial charge >= 0.3 is 0 Å². The second-order valence-corrected chi connectivity index (χ2v) is 9.24. The van der Waals surface area contributed by atoms with Gasteiger partial charge in [-0.2, -0.15) is 0 Å². The largest absolute Gasteiger partial charge is 0.497 e. The van der Waals surface area contributed by atoms with Crippen molar-refractivity contribution in [2.24, 2.45) is 0 Å². The van der Waals surface area contributed by atoms with Crippen LogP contribution in [-0.2, 0) is 16.3 Å². The average molecular weight is 392 g/mol. The number of ether oxygens (including phenoxy) is 2. The van der Waals surface area contributed by atoms with Gasteiger partial charge in [0.1, 0.15) is 16.4 Å². The summed E-state index contributed by atoms with van der Waals surface area (Å²) in [5.41, 5.74) is 1.19. The Labute approximate surface area is 162 Å². The minimum atomic E-state index is -3.29. The van der Waals surface area contributed by atoms with Gasteiger partial charge in [0.15, 0.2) is 9.84 Å². The van der Waals surface area contributed by atoms with Crippen LogP contribution in [0.5, 0.6) is 11.5 Å². The van der Waals surface area contributed by atoms with Crippen LogP contribution < -0.4 is 14.8 Å². The van der Waals surface area contributed by atoms with Gasteiger partial charge in [-0.25, -0.2) is 8.42 Å². The zero-order valence-electron chi connectivity index (χ0n) is 16.5. The molecule has 0 heterocycles. The van der Waals surface area contributed by atoms with Crippen molar-refractivity contribution in [1.82, 2.24) is 5.32 Å². The maximum Gasteiger partial charge on any atom is 0.179 e. The number of hydrogen-bond acceptors (Lipinski definition) is 5. The number of methoxy groups -OCH3 is 1. The monoisotopic (exact) mass is 391 g/mol. The summed E-state index contributed by atoms with van der Waals surface area (Å²) in [6, 6.07) is 14.8. The van der Waals surface area contributed by atoms with Crippen molar-refractivity contribution >= 4 is 9.84 Å². The summed E-state index contributed by atoms with van der Waals surface area (Å²) in [6.45, 7) is 5.57. The molecule has 148 valence electrons. The Morgan fingerprint density at radius 3 is 2.33 bits per heavy atom. The lowest BCUT2D eigenvalue weighted by Crippen LogP contribution is -2.42. The fourth-order valence-corrected chi connectivity index (χ4v) is 3.69. The van der Waals surface area contributed by atoms with Crippen LogP contribution in [0.4, 0.5) is 0 Å². The first-order valence-corrected chi connectivity index (χ1v) is 10.9. The van der Waals surface area contributed by atoms with E-state index in [1.807, 2.05) is 12.1 Å². The van der Waals surface area contributed by atoms with Gasteiger partial charge in [-0.15, -0.1) is 0 Å². The predicted molar refractivity (Wildman–Crippen MR) is 108 cm³/mol. The zero-order valence-corrected chi connectivity index (χ0v) is 17.3. The third-order valence-corrected chi connectivity index (χ3v) is 5.37. The van der Waals surface area contributed by atoms with Gasteiger partial charge in [-0.1, -0.05) is 24.3 Å². The van der Waals surface area contributed by atoms with E-state index in [2.05, 4.69) is 31.3 Å². The van der Waals surface area contributed by atoms with Crippen LogP contribution in [0.15, 0.2) is 53.4 Å². The minimum absolute atomic E-state index is 0.0563. The lowest BCUT2D eigenvalue weighted by Gasteiger charge is -2.27. The topological polar surface area (TPSA) is 64.6 Å². The van der Waals surface area contributed by atoms with E-state index in [-0.39, 0.29) is 10.4 Å². The first-order chi connectivity index (χ1) is 12.7. The smallest absolute Gasteiger partial charge is 0.179 e. The lowest BCUT2D eigenvalue weighted by molar-refractivity contribution is 0.288. The number of nitrogens with one attached hydrogen (secondary N) is 1. The summed E-state index contributed by atoms with van der Waals surface area (Å²) in [6.07, 6.45) is 2.87. The first kappa shape index (κ1) is 21.3. The molecule has 0 saturated carbocycles. The highest BCUT2D eigenvalue weighted by Gasteiger charge is 2.17. The Bertz CT molecular complexity index is 830. The maximum absolute atomic E-state index is 11.8. The zero-order chi connectivity index (χ0) is 19.9. The van der Waals surface area contributed by atoms with Crippen LogP contribution >= 0.6 is 0 Å². The van der Waals surface area contributed by atoms with Gasteiger partial charge in [0.05, 0.1) is 13.7 Å². The Hall–Kier alpha value is -2.05. The van der Waals surface area contributed by atoms with E-state index in [1.54, 1.807) is 31.4 Å². The fourth-order valence-electron chi connectivity index (χ4n) is 2.87. The highest BCUT2D eigenvalue weighted by atomic mass is 32.2. The second-order valence-electron chi connectivity index (χ2n) is 7.26. The van der Waals surface area contributed by atoms with E-state index in [0.29, 0.717) is 12.4 Å². The molecule has 6 heteroatoms. The van der Waals surface area contributed by atoms with E-state index in [9.17, 15) is 8.42 Å². The normalized spacial score (nSPS) is 12.0. The van der Waals surface area contributed by atoms with E-state index in [1.165, 1.54) is 11.8 Å². The second kappa shape index (κ2) is 9.24. The van der Waals surface area contributed by atoms with Crippen molar-refractivity contribution in [3.8, 4) is 11.5 Å². The van der Waals surface area contributed by atoms with Gasteiger partial charge in [-0.05, 0) is 63.1 Å². The molecule has 2 aromatic rings. The summed E-state index contributed by atoms with van der Waals surface area (Å²) in [7, 11) is -1.63. The van der Waals surface area contributed by atoms with Gasteiger partial charge in [0, 0.05) is 11.8 Å². The molecule has 2 aromatic carbocycles. The number of rotatable bonds is 10. The molecule has 0 aromatic heterocycles. The van der Waals surface area contributed by atoms with Crippen LogP contribution in [-0.4, -0.2) is 40.5 Å². The molecule has 0 aliphatic heterocycles.